The first-order chi connectivity index (χ1) is 10.9. The summed E-state index contributed by atoms with van der Waals surface area (Å²) in [4.78, 5) is 23.2. The fraction of sp³-hybridized carbons (Fsp3) is 0.200. The van der Waals surface area contributed by atoms with Crippen molar-refractivity contribution in [3.05, 3.63) is 46.2 Å². The van der Waals surface area contributed by atoms with E-state index in [9.17, 15) is 18.0 Å². The number of methoxy groups -OCH3 is 1. The summed E-state index contributed by atoms with van der Waals surface area (Å²) in [6.07, 6.45) is 0.215. The number of hydrogen-bond donors (Lipinski definition) is 0. The minimum atomic E-state index is -4.26. The van der Waals surface area contributed by atoms with Gasteiger partial charge in [0.2, 0.25) is 0 Å². The number of Topliss-reactive ketones (excluding diaryl/α,β-unsaturated/α-hetero) is 1. The number of esters is 1. The molecule has 0 aliphatic rings. The lowest BCUT2D eigenvalue weighted by atomic mass is 10.1. The minimum absolute atomic E-state index is 0.0682. The number of carbonyl (C=O) groups is 2. The molecule has 23 heavy (non-hydrogen) atoms. The fourth-order valence-electron chi connectivity index (χ4n) is 1.86. The third kappa shape index (κ3) is 3.59. The molecule has 0 fully saturated rings. The van der Waals surface area contributed by atoms with Gasteiger partial charge < -0.3 is 8.92 Å². The minimum Gasteiger partial charge on any atom is -0.465 e. The Morgan fingerprint density at radius 2 is 1.87 bits per heavy atom. The molecule has 8 heteroatoms. The molecule has 0 atom stereocenters. The largest absolute Gasteiger partial charge is 0.465 e. The van der Waals surface area contributed by atoms with Gasteiger partial charge in [0.1, 0.15) is 9.77 Å². The molecule has 6 nitrogen and oxygen atoms in total. The molecule has 0 aliphatic heterocycles. The molecule has 1 aromatic heterocycles. The molecule has 2 rings (SSSR count). The van der Waals surface area contributed by atoms with E-state index in [-0.39, 0.29) is 33.3 Å². The maximum atomic E-state index is 12.4. The second-order valence-corrected chi connectivity index (χ2v) is 6.85. The van der Waals surface area contributed by atoms with E-state index in [2.05, 4.69) is 4.74 Å². The van der Waals surface area contributed by atoms with Crippen LogP contribution in [0.4, 0.5) is 0 Å². The van der Waals surface area contributed by atoms with Crippen LogP contribution in [0.15, 0.2) is 40.6 Å². The van der Waals surface area contributed by atoms with Gasteiger partial charge in [-0.1, -0.05) is 19.1 Å². The Labute approximate surface area is 137 Å². The standard InChI is InChI=1S/C15H14O6S2/c1-3-11(16)10-6-4-5-7-12(10)21-23(18,19)13-8-9-22-14(13)15(17)20-2/h4-9H,3H2,1-2H3. The van der Waals surface area contributed by atoms with Gasteiger partial charge >= 0.3 is 16.1 Å². The Bertz CT molecular complexity index is 835. The number of thiophene rings is 1. The van der Waals surface area contributed by atoms with Crippen molar-refractivity contribution in [2.45, 2.75) is 18.2 Å². The fourth-order valence-corrected chi connectivity index (χ4v) is 4.12. The second kappa shape index (κ2) is 6.93. The summed E-state index contributed by atoms with van der Waals surface area (Å²) in [5.74, 6) is -1.07. The van der Waals surface area contributed by atoms with Crippen molar-refractivity contribution in [1.82, 2.24) is 0 Å². The lowest BCUT2D eigenvalue weighted by molar-refractivity contribution is 0.0602. The van der Waals surface area contributed by atoms with Crippen LogP contribution in [0.1, 0.15) is 33.4 Å². The molecule has 0 aliphatic carbocycles. The van der Waals surface area contributed by atoms with Gasteiger partial charge in [0.05, 0.1) is 12.7 Å². The Morgan fingerprint density at radius 1 is 1.17 bits per heavy atom. The number of ketones is 1. The Balaban J connectivity index is 2.43. The van der Waals surface area contributed by atoms with E-state index in [1.54, 1.807) is 19.1 Å². The van der Waals surface area contributed by atoms with Crippen LogP contribution in [0, 0.1) is 0 Å². The van der Waals surface area contributed by atoms with Crippen molar-refractivity contribution in [1.29, 1.82) is 0 Å². The molecule has 0 amide bonds. The summed E-state index contributed by atoms with van der Waals surface area (Å²) in [5, 5.41) is 1.45. The number of carbonyl (C=O) groups excluding carboxylic acids is 2. The van der Waals surface area contributed by atoms with Crippen molar-refractivity contribution in [2.24, 2.45) is 0 Å². The molecular formula is C15H14O6S2. The van der Waals surface area contributed by atoms with E-state index in [4.69, 9.17) is 4.18 Å². The Hall–Kier alpha value is -2.19. The first-order valence-electron chi connectivity index (χ1n) is 6.63. The predicted molar refractivity (Wildman–Crippen MR) is 84.5 cm³/mol. The molecule has 2 aromatic rings. The first-order valence-corrected chi connectivity index (χ1v) is 8.92. The zero-order chi connectivity index (χ0) is 17.0. The third-order valence-corrected chi connectivity index (χ3v) is 5.28. The highest BCUT2D eigenvalue weighted by Crippen LogP contribution is 2.28. The summed E-state index contributed by atoms with van der Waals surface area (Å²) in [7, 11) is -3.10. The van der Waals surface area contributed by atoms with Crippen LogP contribution >= 0.6 is 11.3 Å². The van der Waals surface area contributed by atoms with Gasteiger partial charge in [-0.3, -0.25) is 4.79 Å². The van der Waals surface area contributed by atoms with Crippen molar-refractivity contribution in [3.63, 3.8) is 0 Å². The van der Waals surface area contributed by atoms with Gasteiger partial charge in [-0.25, -0.2) is 4.79 Å². The molecule has 0 bridgehead atoms. The molecule has 0 saturated carbocycles. The van der Waals surface area contributed by atoms with Gasteiger partial charge in [-0.05, 0) is 23.6 Å². The van der Waals surface area contributed by atoms with Crippen molar-refractivity contribution < 1.29 is 26.9 Å². The number of benzene rings is 1. The smallest absolute Gasteiger partial charge is 0.349 e. The zero-order valence-electron chi connectivity index (χ0n) is 12.4. The molecule has 0 radical (unpaired) electrons. The summed E-state index contributed by atoms with van der Waals surface area (Å²) in [6, 6.07) is 7.33. The van der Waals surface area contributed by atoms with E-state index in [0.29, 0.717) is 0 Å². The Morgan fingerprint density at radius 3 is 2.52 bits per heavy atom. The van der Waals surface area contributed by atoms with Gasteiger partial charge in [0.25, 0.3) is 0 Å². The summed E-state index contributed by atoms with van der Waals surface area (Å²) >= 11 is 0.934. The molecule has 0 N–H and O–H groups in total. The van der Waals surface area contributed by atoms with Crippen LogP contribution in [0.2, 0.25) is 0 Å². The monoisotopic (exact) mass is 354 g/mol. The van der Waals surface area contributed by atoms with Crippen molar-refractivity contribution in [3.8, 4) is 5.75 Å². The summed E-state index contributed by atoms with van der Waals surface area (Å²) in [5.41, 5.74) is 0.174. The van der Waals surface area contributed by atoms with Crippen LogP contribution in [-0.2, 0) is 14.9 Å². The van der Waals surface area contributed by atoms with Crippen LogP contribution in [-0.4, -0.2) is 27.3 Å². The molecule has 1 heterocycles. The highest BCUT2D eigenvalue weighted by Gasteiger charge is 2.27. The Kier molecular flexibility index (Phi) is 5.17. The van der Waals surface area contributed by atoms with Crippen LogP contribution in [0.25, 0.3) is 0 Å². The molecule has 1 aromatic carbocycles. The predicted octanol–water partition coefficient (Wildman–Crippen LogP) is 2.90. The average molecular weight is 354 g/mol. The van der Waals surface area contributed by atoms with E-state index >= 15 is 0 Å². The molecule has 0 saturated heterocycles. The van der Waals surface area contributed by atoms with E-state index in [1.165, 1.54) is 23.6 Å². The topological polar surface area (TPSA) is 86.7 Å². The maximum absolute atomic E-state index is 12.4. The van der Waals surface area contributed by atoms with E-state index in [0.717, 1.165) is 18.4 Å². The number of rotatable bonds is 6. The molecular weight excluding hydrogens is 340 g/mol. The van der Waals surface area contributed by atoms with Crippen molar-refractivity contribution in [2.75, 3.05) is 7.11 Å². The summed E-state index contributed by atoms with van der Waals surface area (Å²) < 4.78 is 34.5. The maximum Gasteiger partial charge on any atom is 0.349 e. The molecule has 122 valence electrons. The van der Waals surface area contributed by atoms with Crippen LogP contribution < -0.4 is 4.18 Å². The molecule has 0 spiro atoms. The molecule has 0 unspecified atom stereocenters. The highest BCUT2D eigenvalue weighted by atomic mass is 32.2. The van der Waals surface area contributed by atoms with Gasteiger partial charge in [0.15, 0.2) is 11.5 Å². The first kappa shape index (κ1) is 17.2. The number of ether oxygens (including phenoxy) is 1. The van der Waals surface area contributed by atoms with Crippen LogP contribution in [0.5, 0.6) is 5.75 Å². The van der Waals surface area contributed by atoms with Gasteiger partial charge in [0, 0.05) is 6.42 Å². The normalized spacial score (nSPS) is 11.0. The quantitative estimate of drug-likeness (QED) is 0.450. The number of hydrogen-bond acceptors (Lipinski definition) is 7. The van der Waals surface area contributed by atoms with Crippen LogP contribution in [0.3, 0.4) is 0 Å². The highest BCUT2D eigenvalue weighted by molar-refractivity contribution is 7.87. The third-order valence-electron chi connectivity index (χ3n) is 2.98. The lowest BCUT2D eigenvalue weighted by Gasteiger charge is -2.10. The average Bonchev–Trinajstić information content (AvgIpc) is 3.04. The lowest BCUT2D eigenvalue weighted by Crippen LogP contribution is -2.15. The van der Waals surface area contributed by atoms with E-state index in [1.807, 2.05) is 0 Å². The zero-order valence-corrected chi connectivity index (χ0v) is 14.1. The van der Waals surface area contributed by atoms with E-state index < -0.39 is 16.1 Å². The van der Waals surface area contributed by atoms with Gasteiger partial charge in [-0.15, -0.1) is 11.3 Å². The number of para-hydroxylation sites is 1. The SMILES string of the molecule is CCC(=O)c1ccccc1OS(=O)(=O)c1ccsc1C(=O)OC. The second-order valence-electron chi connectivity index (χ2n) is 4.42. The summed E-state index contributed by atoms with van der Waals surface area (Å²) in [6.45, 7) is 1.67. The van der Waals surface area contributed by atoms with Crippen molar-refractivity contribution >= 4 is 33.2 Å². The van der Waals surface area contributed by atoms with Gasteiger partial charge in [-0.2, -0.15) is 8.42 Å².